The molecule has 0 radical (unpaired) electrons. The highest BCUT2D eigenvalue weighted by atomic mass is 79.9. The monoisotopic (exact) mass is 399 g/mol. The zero-order chi connectivity index (χ0) is 17.8. The molecule has 0 spiro atoms. The van der Waals surface area contributed by atoms with Crippen molar-refractivity contribution in [1.82, 2.24) is 14.9 Å². The Morgan fingerprint density at radius 1 is 1.12 bits per heavy atom. The van der Waals surface area contributed by atoms with Gasteiger partial charge < -0.3 is 4.98 Å². The molecule has 1 unspecified atom stereocenters. The van der Waals surface area contributed by atoms with E-state index in [4.69, 9.17) is 0 Å². The zero-order valence-corrected chi connectivity index (χ0v) is 16.1. The third kappa shape index (κ3) is 4.17. The molecule has 0 aliphatic heterocycles. The fourth-order valence-corrected chi connectivity index (χ4v) is 3.28. The third-order valence-corrected chi connectivity index (χ3v) is 5.33. The quantitative estimate of drug-likeness (QED) is 0.664. The number of nitrogens with zero attached hydrogens (tertiary/aromatic N) is 2. The molecule has 0 aliphatic rings. The SMILES string of the molecule is CCC(C)N(Cc1nc2ccccc2c(=O)[nH]1)Cc1ccccc1Br. The van der Waals surface area contributed by atoms with E-state index in [1.54, 1.807) is 6.07 Å². The number of aromatic amines is 1. The summed E-state index contributed by atoms with van der Waals surface area (Å²) in [6.45, 7) is 5.79. The summed E-state index contributed by atoms with van der Waals surface area (Å²) in [7, 11) is 0. The van der Waals surface area contributed by atoms with Crippen LogP contribution in [0.2, 0.25) is 0 Å². The number of hydrogen-bond acceptors (Lipinski definition) is 3. The summed E-state index contributed by atoms with van der Waals surface area (Å²) in [5.41, 5.74) is 1.89. The molecule has 0 fully saturated rings. The van der Waals surface area contributed by atoms with E-state index in [-0.39, 0.29) is 5.56 Å². The minimum absolute atomic E-state index is 0.0782. The topological polar surface area (TPSA) is 49.0 Å². The van der Waals surface area contributed by atoms with Gasteiger partial charge in [0.2, 0.25) is 0 Å². The van der Waals surface area contributed by atoms with Crippen LogP contribution >= 0.6 is 15.9 Å². The maximum absolute atomic E-state index is 12.3. The second-order valence-electron chi connectivity index (χ2n) is 6.28. The first kappa shape index (κ1) is 17.8. The lowest BCUT2D eigenvalue weighted by molar-refractivity contribution is 0.181. The Balaban J connectivity index is 1.90. The van der Waals surface area contributed by atoms with Crippen molar-refractivity contribution >= 4 is 26.8 Å². The standard InChI is InChI=1S/C20H22BrN3O/c1-3-14(2)24(12-15-8-4-6-10-17(15)21)13-19-22-18-11-7-5-9-16(18)20(25)23-19/h4-11,14H,3,12-13H2,1-2H3,(H,22,23,25). The molecule has 1 heterocycles. The van der Waals surface area contributed by atoms with Crippen LogP contribution < -0.4 is 5.56 Å². The van der Waals surface area contributed by atoms with Gasteiger partial charge in [-0.25, -0.2) is 4.98 Å². The summed E-state index contributed by atoms with van der Waals surface area (Å²) in [5.74, 6) is 0.705. The van der Waals surface area contributed by atoms with Gasteiger partial charge in [-0.2, -0.15) is 0 Å². The average molecular weight is 400 g/mol. The average Bonchev–Trinajstić information content (AvgIpc) is 2.62. The van der Waals surface area contributed by atoms with E-state index in [1.807, 2.05) is 30.3 Å². The molecule has 0 saturated heterocycles. The van der Waals surface area contributed by atoms with Gasteiger partial charge in [-0.15, -0.1) is 0 Å². The van der Waals surface area contributed by atoms with Crippen LogP contribution in [0.4, 0.5) is 0 Å². The molecule has 25 heavy (non-hydrogen) atoms. The Kier molecular flexibility index (Phi) is 5.66. The van der Waals surface area contributed by atoms with E-state index < -0.39 is 0 Å². The van der Waals surface area contributed by atoms with Crippen molar-refractivity contribution in [3.8, 4) is 0 Å². The summed E-state index contributed by atoms with van der Waals surface area (Å²) >= 11 is 3.63. The van der Waals surface area contributed by atoms with Crippen molar-refractivity contribution in [2.45, 2.75) is 39.4 Å². The molecule has 3 rings (SSSR count). The van der Waals surface area contributed by atoms with E-state index in [2.05, 4.69) is 56.8 Å². The van der Waals surface area contributed by atoms with Crippen molar-refractivity contribution in [1.29, 1.82) is 0 Å². The predicted molar refractivity (Wildman–Crippen MR) is 106 cm³/mol. The Bertz CT molecular complexity index is 922. The van der Waals surface area contributed by atoms with Crippen molar-refractivity contribution in [3.05, 3.63) is 74.7 Å². The van der Waals surface area contributed by atoms with E-state index in [1.165, 1.54) is 5.56 Å². The lowest BCUT2D eigenvalue weighted by Crippen LogP contribution is -2.33. The molecule has 0 amide bonds. The summed E-state index contributed by atoms with van der Waals surface area (Å²) in [6, 6.07) is 16.1. The maximum atomic E-state index is 12.3. The van der Waals surface area contributed by atoms with Crippen LogP contribution in [0.1, 0.15) is 31.7 Å². The first-order valence-corrected chi connectivity index (χ1v) is 9.33. The highest BCUT2D eigenvalue weighted by Crippen LogP contribution is 2.20. The van der Waals surface area contributed by atoms with Crippen LogP contribution in [-0.2, 0) is 13.1 Å². The Morgan fingerprint density at radius 2 is 1.84 bits per heavy atom. The van der Waals surface area contributed by atoms with Gasteiger partial charge in [-0.3, -0.25) is 9.69 Å². The summed E-state index contributed by atoms with van der Waals surface area (Å²) in [5, 5.41) is 0.632. The first-order valence-electron chi connectivity index (χ1n) is 8.54. The minimum Gasteiger partial charge on any atom is -0.309 e. The number of nitrogens with one attached hydrogen (secondary N) is 1. The van der Waals surface area contributed by atoms with Gasteiger partial charge in [0.25, 0.3) is 5.56 Å². The number of fused-ring (bicyclic) bond motifs is 1. The number of benzene rings is 2. The Labute approximate surface area is 156 Å². The van der Waals surface area contributed by atoms with Crippen LogP contribution in [-0.4, -0.2) is 20.9 Å². The van der Waals surface area contributed by atoms with Crippen LogP contribution in [0, 0.1) is 0 Å². The number of rotatable bonds is 6. The van der Waals surface area contributed by atoms with Gasteiger partial charge >= 0.3 is 0 Å². The fourth-order valence-electron chi connectivity index (χ4n) is 2.87. The molecule has 1 N–H and O–H groups in total. The summed E-state index contributed by atoms with van der Waals surface area (Å²) in [4.78, 5) is 22.2. The molecule has 3 aromatic rings. The van der Waals surface area contributed by atoms with Crippen molar-refractivity contribution in [2.24, 2.45) is 0 Å². The van der Waals surface area contributed by atoms with Crippen LogP contribution in [0.3, 0.4) is 0 Å². The van der Waals surface area contributed by atoms with E-state index in [0.717, 1.165) is 23.0 Å². The molecule has 1 aromatic heterocycles. The first-order chi connectivity index (χ1) is 12.1. The smallest absolute Gasteiger partial charge is 0.258 e. The lowest BCUT2D eigenvalue weighted by atomic mass is 10.1. The van der Waals surface area contributed by atoms with Crippen LogP contribution in [0.25, 0.3) is 10.9 Å². The van der Waals surface area contributed by atoms with E-state index in [0.29, 0.717) is 23.8 Å². The number of hydrogen-bond donors (Lipinski definition) is 1. The van der Waals surface area contributed by atoms with E-state index in [9.17, 15) is 4.79 Å². The number of aromatic nitrogens is 2. The molecule has 0 aliphatic carbocycles. The van der Waals surface area contributed by atoms with Gasteiger partial charge in [-0.1, -0.05) is 53.2 Å². The largest absolute Gasteiger partial charge is 0.309 e. The predicted octanol–water partition coefficient (Wildman–Crippen LogP) is 4.49. The highest BCUT2D eigenvalue weighted by Gasteiger charge is 2.16. The second-order valence-corrected chi connectivity index (χ2v) is 7.14. The van der Waals surface area contributed by atoms with Gasteiger partial charge in [0, 0.05) is 17.1 Å². The number of para-hydroxylation sites is 1. The highest BCUT2D eigenvalue weighted by molar-refractivity contribution is 9.10. The molecule has 4 nitrogen and oxygen atoms in total. The van der Waals surface area contributed by atoms with Gasteiger partial charge in [-0.05, 0) is 37.1 Å². The van der Waals surface area contributed by atoms with Crippen molar-refractivity contribution in [2.75, 3.05) is 0 Å². The molecule has 2 aromatic carbocycles. The van der Waals surface area contributed by atoms with Gasteiger partial charge in [0.1, 0.15) is 5.82 Å². The zero-order valence-electron chi connectivity index (χ0n) is 14.5. The molecule has 130 valence electrons. The molecular formula is C20H22BrN3O. The van der Waals surface area contributed by atoms with Crippen LogP contribution in [0.15, 0.2) is 57.8 Å². The number of halogens is 1. The maximum Gasteiger partial charge on any atom is 0.258 e. The van der Waals surface area contributed by atoms with Gasteiger partial charge in [0.15, 0.2) is 0 Å². The Morgan fingerprint density at radius 3 is 2.60 bits per heavy atom. The van der Waals surface area contributed by atoms with Crippen LogP contribution in [0.5, 0.6) is 0 Å². The van der Waals surface area contributed by atoms with Gasteiger partial charge in [0.05, 0.1) is 17.4 Å². The summed E-state index contributed by atoms with van der Waals surface area (Å²) in [6.07, 6.45) is 1.03. The number of H-pyrrole nitrogens is 1. The van der Waals surface area contributed by atoms with Crippen molar-refractivity contribution < 1.29 is 0 Å². The van der Waals surface area contributed by atoms with E-state index >= 15 is 0 Å². The molecular weight excluding hydrogens is 378 g/mol. The third-order valence-electron chi connectivity index (χ3n) is 4.56. The second kappa shape index (κ2) is 7.93. The fraction of sp³-hybridized carbons (Fsp3) is 0.300. The molecule has 5 heteroatoms. The minimum atomic E-state index is -0.0782. The Hall–Kier alpha value is -1.98. The normalized spacial score (nSPS) is 12.6. The molecule has 0 bridgehead atoms. The molecule has 0 saturated carbocycles. The molecule has 1 atom stereocenters. The summed E-state index contributed by atoms with van der Waals surface area (Å²) < 4.78 is 1.10. The lowest BCUT2D eigenvalue weighted by Gasteiger charge is -2.28. The van der Waals surface area contributed by atoms with Crippen molar-refractivity contribution in [3.63, 3.8) is 0 Å².